The Kier molecular flexibility index (Phi) is 4.44. The van der Waals surface area contributed by atoms with Gasteiger partial charge >= 0.3 is 5.97 Å². The lowest BCUT2D eigenvalue weighted by molar-refractivity contribution is -0.132. The summed E-state index contributed by atoms with van der Waals surface area (Å²) >= 11 is 0. The summed E-state index contributed by atoms with van der Waals surface area (Å²) in [5.41, 5.74) is 0. The van der Waals surface area contributed by atoms with Gasteiger partial charge in [0, 0.05) is 13.1 Å². The van der Waals surface area contributed by atoms with Crippen LogP contribution in [0, 0.1) is 0 Å². The van der Waals surface area contributed by atoms with Crippen molar-refractivity contribution in [3.05, 3.63) is 23.7 Å². The Morgan fingerprint density at radius 2 is 1.95 bits per heavy atom. The van der Waals surface area contributed by atoms with Crippen LogP contribution in [0.4, 0.5) is 0 Å². The van der Waals surface area contributed by atoms with Gasteiger partial charge in [-0.1, -0.05) is 0 Å². The molecule has 1 saturated heterocycles. The normalized spacial score (nSPS) is 18.0. The quantitative estimate of drug-likeness (QED) is 0.856. The zero-order valence-electron chi connectivity index (χ0n) is 11.8. The van der Waals surface area contributed by atoms with Crippen LogP contribution >= 0.6 is 0 Å². The summed E-state index contributed by atoms with van der Waals surface area (Å²) in [6, 6.07) is 2.50. The molecule has 6 nitrogen and oxygen atoms in total. The van der Waals surface area contributed by atoms with Crippen LogP contribution in [0.1, 0.15) is 49.0 Å². The van der Waals surface area contributed by atoms with Crippen LogP contribution in [-0.4, -0.2) is 41.0 Å². The van der Waals surface area contributed by atoms with Crippen molar-refractivity contribution >= 4 is 11.9 Å². The number of amides is 1. The highest BCUT2D eigenvalue weighted by Crippen LogP contribution is 2.18. The first kappa shape index (κ1) is 14.6. The van der Waals surface area contributed by atoms with E-state index in [1.165, 1.54) is 6.07 Å². The lowest BCUT2D eigenvalue weighted by Crippen LogP contribution is -2.44. The van der Waals surface area contributed by atoms with Gasteiger partial charge in [0.1, 0.15) is 5.76 Å². The maximum absolute atomic E-state index is 12.2. The van der Waals surface area contributed by atoms with E-state index in [0.29, 0.717) is 5.76 Å². The molecular formula is C14H20N2O4. The van der Waals surface area contributed by atoms with Gasteiger partial charge in [-0.2, -0.15) is 0 Å². The average molecular weight is 280 g/mol. The average Bonchev–Trinajstić information content (AvgIpc) is 3.08. The minimum absolute atomic E-state index is 0.0827. The largest absolute Gasteiger partial charge is 0.475 e. The predicted molar refractivity (Wildman–Crippen MR) is 72.5 cm³/mol. The molecule has 0 saturated carbocycles. The SMILES string of the molecule is CC(NC(C)c1ccc(C(=O)O)o1)C(=O)N1CCCC1. The number of carboxylic acids is 1. The topological polar surface area (TPSA) is 82.8 Å². The third kappa shape index (κ3) is 3.19. The molecule has 2 rings (SSSR count). The fraction of sp³-hybridized carbons (Fsp3) is 0.571. The van der Waals surface area contributed by atoms with Crippen molar-refractivity contribution in [2.24, 2.45) is 0 Å². The number of hydrogen-bond donors (Lipinski definition) is 2. The molecule has 0 aliphatic carbocycles. The number of carbonyl (C=O) groups excluding carboxylic acids is 1. The van der Waals surface area contributed by atoms with E-state index in [1.54, 1.807) is 6.07 Å². The maximum atomic E-state index is 12.2. The molecule has 0 spiro atoms. The third-order valence-electron chi connectivity index (χ3n) is 3.55. The number of aromatic carboxylic acids is 1. The number of nitrogens with zero attached hydrogens (tertiary/aromatic N) is 1. The van der Waals surface area contributed by atoms with E-state index in [9.17, 15) is 9.59 Å². The Labute approximate surface area is 117 Å². The molecule has 1 aliphatic rings. The van der Waals surface area contributed by atoms with E-state index in [2.05, 4.69) is 5.32 Å². The number of hydrogen-bond acceptors (Lipinski definition) is 4. The van der Waals surface area contributed by atoms with Crippen LogP contribution in [0.15, 0.2) is 16.5 Å². The van der Waals surface area contributed by atoms with Crippen molar-refractivity contribution in [3.8, 4) is 0 Å². The number of rotatable bonds is 5. The number of carbonyl (C=O) groups is 2. The summed E-state index contributed by atoms with van der Waals surface area (Å²) < 4.78 is 5.23. The molecule has 2 unspecified atom stereocenters. The molecule has 1 fully saturated rings. The highest BCUT2D eigenvalue weighted by atomic mass is 16.4. The van der Waals surface area contributed by atoms with Gasteiger partial charge < -0.3 is 14.4 Å². The zero-order valence-corrected chi connectivity index (χ0v) is 11.8. The lowest BCUT2D eigenvalue weighted by atomic mass is 10.2. The van der Waals surface area contributed by atoms with Crippen LogP contribution in [0.5, 0.6) is 0 Å². The maximum Gasteiger partial charge on any atom is 0.371 e. The van der Waals surface area contributed by atoms with Crippen LogP contribution in [0.25, 0.3) is 0 Å². The second-order valence-electron chi connectivity index (χ2n) is 5.15. The lowest BCUT2D eigenvalue weighted by Gasteiger charge is -2.23. The Hall–Kier alpha value is -1.82. The molecule has 2 N–H and O–H groups in total. The van der Waals surface area contributed by atoms with Crippen molar-refractivity contribution in [1.82, 2.24) is 10.2 Å². The van der Waals surface area contributed by atoms with Crippen molar-refractivity contribution in [2.75, 3.05) is 13.1 Å². The second-order valence-corrected chi connectivity index (χ2v) is 5.15. The second kappa shape index (κ2) is 6.09. The standard InChI is InChI=1S/C14H20N2O4/c1-9(11-5-6-12(20-11)14(18)19)15-10(2)13(17)16-7-3-4-8-16/h5-6,9-10,15H,3-4,7-8H2,1-2H3,(H,18,19). The van der Waals surface area contributed by atoms with Gasteiger partial charge in [0.25, 0.3) is 0 Å². The van der Waals surface area contributed by atoms with E-state index in [0.717, 1.165) is 25.9 Å². The first-order chi connectivity index (χ1) is 9.49. The van der Waals surface area contributed by atoms with Crippen molar-refractivity contribution in [1.29, 1.82) is 0 Å². The van der Waals surface area contributed by atoms with Gasteiger partial charge in [-0.05, 0) is 38.8 Å². The molecule has 2 heterocycles. The van der Waals surface area contributed by atoms with E-state index in [4.69, 9.17) is 9.52 Å². The summed E-state index contributed by atoms with van der Waals surface area (Å²) in [7, 11) is 0. The van der Waals surface area contributed by atoms with Gasteiger partial charge in [0.05, 0.1) is 12.1 Å². The monoisotopic (exact) mass is 280 g/mol. The molecule has 1 amide bonds. The first-order valence-electron chi connectivity index (χ1n) is 6.87. The molecular weight excluding hydrogens is 260 g/mol. The Balaban J connectivity index is 1.93. The van der Waals surface area contributed by atoms with Crippen molar-refractivity contribution in [2.45, 2.75) is 38.8 Å². The minimum Gasteiger partial charge on any atom is -0.475 e. The summed E-state index contributed by atoms with van der Waals surface area (Å²) in [6.07, 6.45) is 2.13. The highest BCUT2D eigenvalue weighted by Gasteiger charge is 2.25. The predicted octanol–water partition coefficient (Wildman–Crippen LogP) is 1.64. The number of nitrogens with one attached hydrogen (secondary N) is 1. The molecule has 0 aromatic carbocycles. The zero-order chi connectivity index (χ0) is 14.7. The number of likely N-dealkylation sites (tertiary alicyclic amines) is 1. The molecule has 1 aliphatic heterocycles. The summed E-state index contributed by atoms with van der Waals surface area (Å²) in [4.78, 5) is 24.8. The molecule has 0 bridgehead atoms. The van der Waals surface area contributed by atoms with Crippen LogP contribution in [0.2, 0.25) is 0 Å². The Morgan fingerprint density at radius 3 is 2.50 bits per heavy atom. The summed E-state index contributed by atoms with van der Waals surface area (Å²) in [6.45, 7) is 5.31. The smallest absolute Gasteiger partial charge is 0.371 e. The van der Waals surface area contributed by atoms with Gasteiger partial charge in [-0.25, -0.2) is 4.79 Å². The summed E-state index contributed by atoms with van der Waals surface area (Å²) in [5.74, 6) is -0.584. The number of carboxylic acid groups (broad SMARTS) is 1. The third-order valence-corrected chi connectivity index (χ3v) is 3.55. The van der Waals surface area contributed by atoms with Gasteiger partial charge in [-0.3, -0.25) is 10.1 Å². The van der Waals surface area contributed by atoms with Crippen molar-refractivity contribution < 1.29 is 19.1 Å². The van der Waals surface area contributed by atoms with Crippen LogP contribution in [0.3, 0.4) is 0 Å². The molecule has 20 heavy (non-hydrogen) atoms. The van der Waals surface area contributed by atoms with E-state index in [1.807, 2.05) is 18.7 Å². The van der Waals surface area contributed by atoms with Crippen LogP contribution in [-0.2, 0) is 4.79 Å². The van der Waals surface area contributed by atoms with E-state index >= 15 is 0 Å². The molecule has 2 atom stereocenters. The molecule has 1 aromatic rings. The Bertz CT molecular complexity index is 491. The minimum atomic E-state index is -1.09. The van der Waals surface area contributed by atoms with Gasteiger partial charge in [0.2, 0.25) is 11.7 Å². The molecule has 6 heteroatoms. The number of furan rings is 1. The van der Waals surface area contributed by atoms with E-state index in [-0.39, 0.29) is 23.8 Å². The fourth-order valence-corrected chi connectivity index (χ4v) is 2.44. The van der Waals surface area contributed by atoms with Gasteiger partial charge in [-0.15, -0.1) is 0 Å². The molecule has 1 aromatic heterocycles. The fourth-order valence-electron chi connectivity index (χ4n) is 2.44. The molecule has 110 valence electrons. The van der Waals surface area contributed by atoms with Crippen molar-refractivity contribution in [3.63, 3.8) is 0 Å². The van der Waals surface area contributed by atoms with E-state index < -0.39 is 5.97 Å². The Morgan fingerprint density at radius 1 is 1.30 bits per heavy atom. The van der Waals surface area contributed by atoms with Gasteiger partial charge in [0.15, 0.2) is 0 Å². The van der Waals surface area contributed by atoms with Crippen LogP contribution < -0.4 is 5.32 Å². The molecule has 0 radical (unpaired) electrons. The first-order valence-corrected chi connectivity index (χ1v) is 6.87. The summed E-state index contributed by atoms with van der Waals surface area (Å²) in [5, 5.41) is 12.0. The highest BCUT2D eigenvalue weighted by molar-refractivity contribution is 5.84.